The summed E-state index contributed by atoms with van der Waals surface area (Å²) in [5.41, 5.74) is 8.64. The van der Waals surface area contributed by atoms with Gasteiger partial charge in [-0.1, -0.05) is 0 Å². The van der Waals surface area contributed by atoms with Gasteiger partial charge in [0.05, 0.1) is 0 Å². The number of rotatable bonds is 2. The van der Waals surface area contributed by atoms with Crippen molar-refractivity contribution in [1.82, 2.24) is 4.98 Å². The highest BCUT2D eigenvalue weighted by Gasteiger charge is 2.06. The molecule has 1 heterocycles. The van der Waals surface area contributed by atoms with Crippen LogP contribution in [0.4, 0.5) is 11.4 Å². The van der Waals surface area contributed by atoms with Crippen LogP contribution >= 0.6 is 0 Å². The molecule has 4 heteroatoms. The Labute approximate surface area is 110 Å². The Morgan fingerprint density at radius 1 is 1.05 bits per heavy atom. The van der Waals surface area contributed by atoms with Crippen molar-refractivity contribution in [3.63, 3.8) is 0 Å². The summed E-state index contributed by atoms with van der Waals surface area (Å²) in [5, 5.41) is 3.93. The Balaban J connectivity index is 1.83. The van der Waals surface area contributed by atoms with E-state index in [2.05, 4.69) is 10.3 Å². The normalized spacial score (nSPS) is 10.5. The fourth-order valence-electron chi connectivity index (χ4n) is 1.97. The topological polar surface area (TPSA) is 70.9 Å². The molecule has 0 fully saturated rings. The zero-order valence-corrected chi connectivity index (χ0v) is 10.2. The molecule has 2 aromatic carbocycles. The second-order valence-corrected chi connectivity index (χ2v) is 4.36. The Hall–Kier alpha value is -2.75. The minimum absolute atomic E-state index is 0.144. The fourth-order valence-corrected chi connectivity index (χ4v) is 1.97. The number of nitrogen functional groups attached to an aromatic ring is 1. The molecule has 0 aliphatic carbocycles. The van der Waals surface area contributed by atoms with Gasteiger partial charge >= 0.3 is 0 Å². The van der Waals surface area contributed by atoms with Crippen LogP contribution in [-0.2, 0) is 0 Å². The van der Waals surface area contributed by atoms with E-state index in [1.165, 1.54) is 0 Å². The van der Waals surface area contributed by atoms with E-state index in [1.807, 2.05) is 30.5 Å². The standard InChI is InChI=1S/C15H13N3O/c16-12-3-1-10(2-4-12)15(19)18-13-5-6-14-11(9-13)7-8-17-14/h1-9,17H,16H2,(H,18,19). The lowest BCUT2D eigenvalue weighted by Gasteiger charge is -2.05. The number of carbonyl (C=O) groups excluding carboxylic acids is 1. The van der Waals surface area contributed by atoms with Gasteiger partial charge in [0.15, 0.2) is 0 Å². The summed E-state index contributed by atoms with van der Waals surface area (Å²) >= 11 is 0. The number of hydrogen-bond acceptors (Lipinski definition) is 2. The number of amides is 1. The molecule has 0 aliphatic rings. The van der Waals surface area contributed by atoms with Gasteiger partial charge in [0.2, 0.25) is 0 Å². The maximum absolute atomic E-state index is 12.0. The molecule has 94 valence electrons. The number of aromatic nitrogens is 1. The van der Waals surface area contributed by atoms with Crippen molar-refractivity contribution >= 4 is 28.2 Å². The Kier molecular flexibility index (Phi) is 2.68. The van der Waals surface area contributed by atoms with Gasteiger partial charge in [0.1, 0.15) is 0 Å². The highest BCUT2D eigenvalue weighted by molar-refractivity contribution is 6.05. The molecule has 0 saturated carbocycles. The number of nitrogens with two attached hydrogens (primary N) is 1. The Bertz CT molecular complexity index is 728. The van der Waals surface area contributed by atoms with E-state index in [1.54, 1.807) is 24.3 Å². The van der Waals surface area contributed by atoms with E-state index in [9.17, 15) is 4.79 Å². The maximum atomic E-state index is 12.0. The highest BCUT2D eigenvalue weighted by Crippen LogP contribution is 2.18. The number of carbonyl (C=O) groups is 1. The van der Waals surface area contributed by atoms with Crippen molar-refractivity contribution in [3.05, 3.63) is 60.3 Å². The summed E-state index contributed by atoms with van der Waals surface area (Å²) < 4.78 is 0. The fraction of sp³-hybridized carbons (Fsp3) is 0. The van der Waals surface area contributed by atoms with Gasteiger partial charge in [-0.3, -0.25) is 4.79 Å². The van der Waals surface area contributed by atoms with Crippen molar-refractivity contribution in [2.45, 2.75) is 0 Å². The summed E-state index contributed by atoms with van der Waals surface area (Å²) in [6.45, 7) is 0. The van der Waals surface area contributed by atoms with E-state index < -0.39 is 0 Å². The number of nitrogens with one attached hydrogen (secondary N) is 2. The van der Waals surface area contributed by atoms with Gasteiger partial charge in [-0.05, 0) is 48.5 Å². The highest BCUT2D eigenvalue weighted by atomic mass is 16.1. The van der Waals surface area contributed by atoms with Crippen molar-refractivity contribution in [2.24, 2.45) is 0 Å². The van der Waals surface area contributed by atoms with E-state index >= 15 is 0 Å². The molecular weight excluding hydrogens is 238 g/mol. The zero-order chi connectivity index (χ0) is 13.2. The molecular formula is C15H13N3O. The predicted octanol–water partition coefficient (Wildman–Crippen LogP) is 3.00. The monoisotopic (exact) mass is 251 g/mol. The third-order valence-electron chi connectivity index (χ3n) is 2.98. The van der Waals surface area contributed by atoms with E-state index in [0.29, 0.717) is 11.3 Å². The zero-order valence-electron chi connectivity index (χ0n) is 10.2. The number of fused-ring (bicyclic) bond motifs is 1. The number of benzene rings is 2. The van der Waals surface area contributed by atoms with E-state index in [-0.39, 0.29) is 5.91 Å². The summed E-state index contributed by atoms with van der Waals surface area (Å²) in [7, 11) is 0. The molecule has 0 aliphatic heterocycles. The lowest BCUT2D eigenvalue weighted by atomic mass is 10.2. The minimum Gasteiger partial charge on any atom is -0.399 e. The third-order valence-corrected chi connectivity index (χ3v) is 2.98. The van der Waals surface area contributed by atoms with Crippen molar-refractivity contribution < 1.29 is 4.79 Å². The van der Waals surface area contributed by atoms with Gasteiger partial charge in [-0.25, -0.2) is 0 Å². The molecule has 0 unspecified atom stereocenters. The molecule has 3 rings (SSSR count). The Morgan fingerprint density at radius 2 is 1.84 bits per heavy atom. The Morgan fingerprint density at radius 3 is 2.63 bits per heavy atom. The SMILES string of the molecule is Nc1ccc(C(=O)Nc2ccc3[nH]ccc3c2)cc1. The number of hydrogen-bond donors (Lipinski definition) is 3. The van der Waals surface area contributed by atoms with Crippen LogP contribution in [0, 0.1) is 0 Å². The smallest absolute Gasteiger partial charge is 0.255 e. The first-order valence-electron chi connectivity index (χ1n) is 5.96. The number of H-pyrrole nitrogens is 1. The van der Waals surface area contributed by atoms with Crippen LogP contribution in [-0.4, -0.2) is 10.9 Å². The number of aromatic amines is 1. The quantitative estimate of drug-likeness (QED) is 0.613. The maximum Gasteiger partial charge on any atom is 0.255 e. The molecule has 3 aromatic rings. The predicted molar refractivity (Wildman–Crippen MR) is 77.1 cm³/mol. The summed E-state index contributed by atoms with van der Waals surface area (Å²) in [6.07, 6.45) is 1.87. The summed E-state index contributed by atoms with van der Waals surface area (Å²) in [5.74, 6) is -0.144. The largest absolute Gasteiger partial charge is 0.399 e. The molecule has 1 amide bonds. The van der Waals surface area contributed by atoms with Crippen molar-refractivity contribution in [2.75, 3.05) is 11.1 Å². The van der Waals surface area contributed by atoms with E-state index in [4.69, 9.17) is 5.73 Å². The number of anilines is 2. The van der Waals surface area contributed by atoms with Gasteiger partial charge in [0, 0.05) is 34.0 Å². The second kappa shape index (κ2) is 4.49. The first-order chi connectivity index (χ1) is 9.22. The van der Waals surface area contributed by atoms with Crippen LogP contribution in [0.1, 0.15) is 10.4 Å². The molecule has 0 saturated heterocycles. The molecule has 19 heavy (non-hydrogen) atoms. The van der Waals surface area contributed by atoms with Gasteiger partial charge in [-0.2, -0.15) is 0 Å². The van der Waals surface area contributed by atoms with Gasteiger partial charge in [-0.15, -0.1) is 0 Å². The van der Waals surface area contributed by atoms with Crippen LogP contribution in [0.25, 0.3) is 10.9 Å². The first kappa shape index (κ1) is 11.3. The van der Waals surface area contributed by atoms with Gasteiger partial charge < -0.3 is 16.0 Å². The van der Waals surface area contributed by atoms with Crippen LogP contribution in [0.2, 0.25) is 0 Å². The van der Waals surface area contributed by atoms with Crippen LogP contribution < -0.4 is 11.1 Å². The second-order valence-electron chi connectivity index (χ2n) is 4.36. The lowest BCUT2D eigenvalue weighted by molar-refractivity contribution is 0.102. The summed E-state index contributed by atoms with van der Waals surface area (Å²) in [6, 6.07) is 14.5. The molecule has 4 N–H and O–H groups in total. The van der Waals surface area contributed by atoms with Crippen molar-refractivity contribution in [1.29, 1.82) is 0 Å². The van der Waals surface area contributed by atoms with Gasteiger partial charge in [0.25, 0.3) is 5.91 Å². The molecule has 1 aromatic heterocycles. The lowest BCUT2D eigenvalue weighted by Crippen LogP contribution is -2.11. The van der Waals surface area contributed by atoms with Crippen LogP contribution in [0.3, 0.4) is 0 Å². The molecule has 0 spiro atoms. The van der Waals surface area contributed by atoms with Crippen LogP contribution in [0.15, 0.2) is 54.7 Å². The molecule has 0 bridgehead atoms. The molecule has 4 nitrogen and oxygen atoms in total. The molecule has 0 radical (unpaired) electrons. The third kappa shape index (κ3) is 2.28. The van der Waals surface area contributed by atoms with Crippen LogP contribution in [0.5, 0.6) is 0 Å². The summed E-state index contributed by atoms with van der Waals surface area (Å²) in [4.78, 5) is 15.2. The van der Waals surface area contributed by atoms with Crippen molar-refractivity contribution in [3.8, 4) is 0 Å². The average Bonchev–Trinajstić information content (AvgIpc) is 2.87. The minimum atomic E-state index is -0.144. The average molecular weight is 251 g/mol. The first-order valence-corrected chi connectivity index (χ1v) is 5.96. The molecule has 0 atom stereocenters. The van der Waals surface area contributed by atoms with E-state index in [0.717, 1.165) is 16.6 Å².